The zero-order valence-corrected chi connectivity index (χ0v) is 11.7. The van der Waals surface area contributed by atoms with Crippen LogP contribution in [0.2, 0.25) is 0 Å². The molecule has 0 atom stereocenters. The highest BCUT2D eigenvalue weighted by Crippen LogP contribution is 2.07. The molecule has 0 aliphatic rings. The van der Waals surface area contributed by atoms with Crippen molar-refractivity contribution in [2.24, 2.45) is 0 Å². The SMILES string of the molecule is C#Cc1cccnc1/C=C/C(=O)/C=C/c1ncccc1C#C. The van der Waals surface area contributed by atoms with Crippen molar-refractivity contribution in [2.45, 2.75) is 0 Å². The first kappa shape index (κ1) is 15.0. The second kappa shape index (κ2) is 7.38. The Hall–Kier alpha value is -3.43. The molecule has 0 saturated heterocycles. The van der Waals surface area contributed by atoms with Crippen molar-refractivity contribution in [2.75, 3.05) is 0 Å². The van der Waals surface area contributed by atoms with Gasteiger partial charge < -0.3 is 0 Å². The van der Waals surface area contributed by atoms with E-state index >= 15 is 0 Å². The van der Waals surface area contributed by atoms with E-state index < -0.39 is 0 Å². The van der Waals surface area contributed by atoms with Gasteiger partial charge in [-0.05, 0) is 48.6 Å². The normalized spacial score (nSPS) is 10.5. The molecule has 104 valence electrons. The molecule has 0 N–H and O–H groups in total. The molecule has 2 rings (SSSR count). The van der Waals surface area contributed by atoms with Crippen molar-refractivity contribution in [1.82, 2.24) is 9.97 Å². The Morgan fingerprint density at radius 3 is 1.77 bits per heavy atom. The number of rotatable bonds is 4. The fraction of sp³-hybridized carbons (Fsp3) is 0. The molecule has 0 aliphatic carbocycles. The van der Waals surface area contributed by atoms with E-state index in [0.29, 0.717) is 22.5 Å². The molecule has 2 aromatic heterocycles. The predicted octanol–water partition coefficient (Wildman–Crippen LogP) is 2.73. The van der Waals surface area contributed by atoms with Gasteiger partial charge in [-0.15, -0.1) is 12.8 Å². The quantitative estimate of drug-likeness (QED) is 0.640. The maximum atomic E-state index is 11.9. The van der Waals surface area contributed by atoms with E-state index in [-0.39, 0.29) is 5.78 Å². The summed E-state index contributed by atoms with van der Waals surface area (Å²) in [6, 6.07) is 7.02. The van der Waals surface area contributed by atoms with Gasteiger partial charge in [-0.2, -0.15) is 0 Å². The summed E-state index contributed by atoms with van der Waals surface area (Å²) in [7, 11) is 0. The number of ketones is 1. The summed E-state index contributed by atoms with van der Waals surface area (Å²) in [6.45, 7) is 0. The summed E-state index contributed by atoms with van der Waals surface area (Å²) in [4.78, 5) is 20.1. The monoisotopic (exact) mass is 284 g/mol. The molecule has 0 fully saturated rings. The topological polar surface area (TPSA) is 42.9 Å². The summed E-state index contributed by atoms with van der Waals surface area (Å²) < 4.78 is 0. The zero-order valence-electron chi connectivity index (χ0n) is 11.7. The van der Waals surface area contributed by atoms with E-state index in [4.69, 9.17) is 12.8 Å². The number of hydrogen-bond donors (Lipinski definition) is 0. The second-order valence-corrected chi connectivity index (χ2v) is 4.23. The third-order valence-corrected chi connectivity index (χ3v) is 2.80. The van der Waals surface area contributed by atoms with E-state index in [1.807, 2.05) is 0 Å². The highest BCUT2D eigenvalue weighted by molar-refractivity contribution is 6.04. The fourth-order valence-electron chi connectivity index (χ4n) is 1.72. The Morgan fingerprint density at radius 1 is 0.909 bits per heavy atom. The Balaban J connectivity index is 2.14. The van der Waals surface area contributed by atoms with Crippen LogP contribution in [0.1, 0.15) is 22.5 Å². The van der Waals surface area contributed by atoms with Gasteiger partial charge >= 0.3 is 0 Å². The van der Waals surface area contributed by atoms with Gasteiger partial charge in [0.15, 0.2) is 5.78 Å². The molecule has 0 spiro atoms. The molecule has 0 aromatic carbocycles. The number of aromatic nitrogens is 2. The molecule has 0 unspecified atom stereocenters. The van der Waals surface area contributed by atoms with E-state index in [0.717, 1.165) is 0 Å². The summed E-state index contributed by atoms with van der Waals surface area (Å²) in [5.41, 5.74) is 2.42. The van der Waals surface area contributed by atoms with Crippen LogP contribution in [0, 0.1) is 24.7 Å². The number of pyridine rings is 2. The standard InChI is InChI=1S/C19H12N2O/c1-3-15-7-5-13-20-18(15)11-9-17(22)10-12-19-16(4-2)8-6-14-21-19/h1-2,5-14H/b11-9+,12-10+. The van der Waals surface area contributed by atoms with Gasteiger partial charge in [0, 0.05) is 23.5 Å². The van der Waals surface area contributed by atoms with Crippen molar-refractivity contribution in [3.63, 3.8) is 0 Å². The van der Waals surface area contributed by atoms with E-state index in [1.54, 1.807) is 48.8 Å². The van der Waals surface area contributed by atoms with Crippen molar-refractivity contribution in [3.8, 4) is 24.7 Å². The van der Waals surface area contributed by atoms with Crippen LogP contribution in [0.25, 0.3) is 12.2 Å². The Bertz CT molecular complexity index is 763. The summed E-state index contributed by atoms with van der Waals surface area (Å²) >= 11 is 0. The number of allylic oxidation sites excluding steroid dienone is 2. The average Bonchev–Trinajstić information content (AvgIpc) is 2.58. The van der Waals surface area contributed by atoms with Crippen LogP contribution in [-0.2, 0) is 4.79 Å². The van der Waals surface area contributed by atoms with Gasteiger partial charge in [-0.3, -0.25) is 14.8 Å². The number of carbonyl (C=O) groups is 1. The molecule has 0 bridgehead atoms. The highest BCUT2D eigenvalue weighted by atomic mass is 16.1. The Labute approximate surface area is 129 Å². The molecule has 22 heavy (non-hydrogen) atoms. The molecule has 0 amide bonds. The number of terminal acetylenes is 2. The zero-order chi connectivity index (χ0) is 15.8. The van der Waals surface area contributed by atoms with E-state index in [1.165, 1.54) is 12.2 Å². The highest BCUT2D eigenvalue weighted by Gasteiger charge is 1.99. The largest absolute Gasteiger partial charge is 0.290 e. The maximum absolute atomic E-state index is 11.9. The van der Waals surface area contributed by atoms with Crippen molar-refractivity contribution in [1.29, 1.82) is 0 Å². The minimum Gasteiger partial charge on any atom is -0.290 e. The van der Waals surface area contributed by atoms with Gasteiger partial charge in [0.2, 0.25) is 0 Å². The molecule has 2 heterocycles. The Morgan fingerprint density at radius 2 is 1.36 bits per heavy atom. The van der Waals surface area contributed by atoms with Crippen LogP contribution in [0.4, 0.5) is 0 Å². The lowest BCUT2D eigenvalue weighted by Gasteiger charge is -1.96. The number of carbonyl (C=O) groups excluding carboxylic acids is 1. The van der Waals surface area contributed by atoms with Crippen LogP contribution >= 0.6 is 0 Å². The van der Waals surface area contributed by atoms with Gasteiger partial charge in [0.1, 0.15) is 0 Å². The van der Waals surface area contributed by atoms with Crippen LogP contribution in [0.15, 0.2) is 48.8 Å². The average molecular weight is 284 g/mol. The third-order valence-electron chi connectivity index (χ3n) is 2.80. The van der Waals surface area contributed by atoms with Crippen LogP contribution in [0.5, 0.6) is 0 Å². The van der Waals surface area contributed by atoms with Gasteiger partial charge in [0.25, 0.3) is 0 Å². The Kier molecular flexibility index (Phi) is 5.02. The van der Waals surface area contributed by atoms with Gasteiger partial charge in [-0.25, -0.2) is 0 Å². The summed E-state index contributed by atoms with van der Waals surface area (Å²) in [5.74, 6) is 4.83. The summed E-state index contributed by atoms with van der Waals surface area (Å²) in [5, 5.41) is 0. The molecule has 0 aliphatic heterocycles. The van der Waals surface area contributed by atoms with Crippen molar-refractivity contribution >= 4 is 17.9 Å². The fourth-order valence-corrected chi connectivity index (χ4v) is 1.72. The first-order valence-electron chi connectivity index (χ1n) is 6.48. The minimum atomic E-state index is -0.206. The van der Waals surface area contributed by atoms with Crippen LogP contribution in [-0.4, -0.2) is 15.8 Å². The lowest BCUT2D eigenvalue weighted by Crippen LogP contribution is -1.90. The van der Waals surface area contributed by atoms with Crippen LogP contribution < -0.4 is 0 Å². The predicted molar refractivity (Wildman–Crippen MR) is 87.4 cm³/mol. The molecule has 0 radical (unpaired) electrons. The smallest absolute Gasteiger partial charge is 0.178 e. The first-order valence-corrected chi connectivity index (χ1v) is 6.48. The third kappa shape index (κ3) is 3.79. The first-order chi connectivity index (χ1) is 10.7. The molecule has 0 saturated carbocycles. The van der Waals surface area contributed by atoms with Gasteiger partial charge in [0.05, 0.1) is 11.4 Å². The number of hydrogen-bond acceptors (Lipinski definition) is 3. The summed E-state index contributed by atoms with van der Waals surface area (Å²) in [6.07, 6.45) is 20.0. The van der Waals surface area contributed by atoms with Crippen LogP contribution in [0.3, 0.4) is 0 Å². The van der Waals surface area contributed by atoms with Crippen molar-refractivity contribution in [3.05, 3.63) is 71.3 Å². The minimum absolute atomic E-state index is 0.206. The lowest BCUT2D eigenvalue weighted by molar-refractivity contribution is -0.110. The van der Waals surface area contributed by atoms with E-state index in [9.17, 15) is 4.79 Å². The lowest BCUT2D eigenvalue weighted by atomic mass is 10.1. The second-order valence-electron chi connectivity index (χ2n) is 4.23. The number of nitrogens with zero attached hydrogens (tertiary/aromatic N) is 2. The molecular formula is C19H12N2O. The maximum Gasteiger partial charge on any atom is 0.178 e. The van der Waals surface area contributed by atoms with Crippen molar-refractivity contribution < 1.29 is 4.79 Å². The molecule has 3 heteroatoms. The van der Waals surface area contributed by atoms with Gasteiger partial charge in [-0.1, -0.05) is 11.8 Å². The molecule has 2 aromatic rings. The molecular weight excluding hydrogens is 272 g/mol. The van der Waals surface area contributed by atoms with E-state index in [2.05, 4.69) is 21.8 Å². The molecule has 3 nitrogen and oxygen atoms in total.